The van der Waals surface area contributed by atoms with Gasteiger partial charge in [-0.3, -0.25) is 9.59 Å². The summed E-state index contributed by atoms with van der Waals surface area (Å²) in [5, 5.41) is 14.7. The molecule has 10 nitrogen and oxygen atoms in total. The van der Waals surface area contributed by atoms with E-state index in [4.69, 9.17) is 18.9 Å². The van der Waals surface area contributed by atoms with Crippen molar-refractivity contribution in [2.24, 2.45) is 5.92 Å². The first kappa shape index (κ1) is 25.4. The van der Waals surface area contributed by atoms with Crippen molar-refractivity contribution in [2.45, 2.75) is 25.3 Å². The fraction of sp³-hybridized carbons (Fsp3) is 0.360. The number of carbonyl (C=O) groups excluding carboxylic acids is 3. The van der Waals surface area contributed by atoms with Crippen molar-refractivity contribution in [3.05, 3.63) is 48.0 Å². The van der Waals surface area contributed by atoms with Gasteiger partial charge in [-0.15, -0.1) is 0 Å². The van der Waals surface area contributed by atoms with Crippen LogP contribution in [-0.4, -0.2) is 50.8 Å². The molecule has 35 heavy (non-hydrogen) atoms. The monoisotopic (exact) mass is 481 g/mol. The SMILES string of the molecule is COc1ccc(NC(=O)COc2ccc(C(=O)OCC(=O)NC(C)(C#N)C3CC3)cc2OC)cc1. The summed E-state index contributed by atoms with van der Waals surface area (Å²) >= 11 is 0. The summed E-state index contributed by atoms with van der Waals surface area (Å²) in [5.74, 6) is -0.434. The zero-order chi connectivity index (χ0) is 25.4. The van der Waals surface area contributed by atoms with Gasteiger partial charge in [0.2, 0.25) is 0 Å². The van der Waals surface area contributed by atoms with Crippen LogP contribution in [0.4, 0.5) is 5.69 Å². The van der Waals surface area contributed by atoms with E-state index in [1.807, 2.05) is 0 Å². The number of ether oxygens (including phenoxy) is 4. The Morgan fingerprint density at radius 3 is 2.31 bits per heavy atom. The second-order valence-corrected chi connectivity index (χ2v) is 8.14. The average molecular weight is 482 g/mol. The van der Waals surface area contributed by atoms with Crippen molar-refractivity contribution in [1.29, 1.82) is 5.26 Å². The van der Waals surface area contributed by atoms with Gasteiger partial charge in [0.15, 0.2) is 24.7 Å². The molecule has 2 amide bonds. The third-order valence-corrected chi connectivity index (χ3v) is 5.49. The highest BCUT2D eigenvalue weighted by molar-refractivity contribution is 5.93. The van der Waals surface area contributed by atoms with Gasteiger partial charge in [-0.05, 0) is 68.1 Å². The van der Waals surface area contributed by atoms with Gasteiger partial charge in [-0.1, -0.05) is 0 Å². The molecule has 0 heterocycles. The smallest absolute Gasteiger partial charge is 0.338 e. The van der Waals surface area contributed by atoms with Crippen LogP contribution in [0.1, 0.15) is 30.1 Å². The van der Waals surface area contributed by atoms with Crippen LogP contribution in [0.2, 0.25) is 0 Å². The lowest BCUT2D eigenvalue weighted by Crippen LogP contribution is -2.48. The van der Waals surface area contributed by atoms with E-state index in [-0.39, 0.29) is 35.5 Å². The molecular weight excluding hydrogens is 454 g/mol. The number of rotatable bonds is 11. The molecule has 0 aliphatic heterocycles. The van der Waals surface area contributed by atoms with E-state index < -0.39 is 24.0 Å². The molecule has 184 valence electrons. The molecule has 0 radical (unpaired) electrons. The number of amides is 2. The molecule has 1 aliphatic carbocycles. The van der Waals surface area contributed by atoms with Gasteiger partial charge in [0, 0.05) is 5.69 Å². The third kappa shape index (κ3) is 6.86. The molecule has 1 fully saturated rings. The number of carbonyl (C=O) groups is 3. The number of anilines is 1. The first-order chi connectivity index (χ1) is 16.8. The van der Waals surface area contributed by atoms with E-state index in [1.54, 1.807) is 38.3 Å². The predicted octanol–water partition coefficient (Wildman–Crippen LogP) is 2.69. The van der Waals surface area contributed by atoms with Crippen molar-refractivity contribution in [3.8, 4) is 23.3 Å². The number of benzene rings is 2. The maximum atomic E-state index is 12.4. The molecule has 1 saturated carbocycles. The van der Waals surface area contributed by atoms with Crippen LogP contribution < -0.4 is 24.8 Å². The normalized spacial score (nSPS) is 14.0. The highest BCUT2D eigenvalue weighted by atomic mass is 16.5. The number of nitrogens with zero attached hydrogens (tertiary/aromatic N) is 1. The fourth-order valence-corrected chi connectivity index (χ4v) is 3.35. The first-order valence-electron chi connectivity index (χ1n) is 10.9. The van der Waals surface area contributed by atoms with E-state index in [2.05, 4.69) is 16.7 Å². The van der Waals surface area contributed by atoms with Crippen molar-refractivity contribution in [1.82, 2.24) is 5.32 Å². The minimum absolute atomic E-state index is 0.113. The highest BCUT2D eigenvalue weighted by Crippen LogP contribution is 2.39. The van der Waals surface area contributed by atoms with Crippen LogP contribution in [0.3, 0.4) is 0 Å². The largest absolute Gasteiger partial charge is 0.497 e. The Kier molecular flexibility index (Phi) is 8.15. The molecule has 1 atom stereocenters. The van der Waals surface area contributed by atoms with E-state index in [0.717, 1.165) is 12.8 Å². The lowest BCUT2D eigenvalue weighted by atomic mass is 9.98. The first-order valence-corrected chi connectivity index (χ1v) is 10.9. The summed E-state index contributed by atoms with van der Waals surface area (Å²) in [6, 6.07) is 13.2. The Balaban J connectivity index is 1.52. The fourth-order valence-electron chi connectivity index (χ4n) is 3.35. The molecule has 1 aliphatic rings. The van der Waals surface area contributed by atoms with E-state index in [9.17, 15) is 19.6 Å². The van der Waals surface area contributed by atoms with Crippen LogP contribution in [0.25, 0.3) is 0 Å². The predicted molar refractivity (Wildman–Crippen MR) is 125 cm³/mol. The van der Waals surface area contributed by atoms with Crippen molar-refractivity contribution < 1.29 is 33.3 Å². The molecule has 0 spiro atoms. The van der Waals surface area contributed by atoms with Crippen molar-refractivity contribution >= 4 is 23.5 Å². The Hall–Kier alpha value is -4.26. The number of nitrogens with one attached hydrogen (secondary N) is 2. The van der Waals surface area contributed by atoms with E-state index in [1.165, 1.54) is 25.3 Å². The lowest BCUT2D eigenvalue weighted by molar-refractivity contribution is -0.125. The average Bonchev–Trinajstić information content (AvgIpc) is 3.72. The summed E-state index contributed by atoms with van der Waals surface area (Å²) in [5.41, 5.74) is -0.249. The van der Waals surface area contributed by atoms with E-state index in [0.29, 0.717) is 11.4 Å². The van der Waals surface area contributed by atoms with Crippen LogP contribution in [0.5, 0.6) is 17.2 Å². The van der Waals surface area contributed by atoms with Gasteiger partial charge in [0.05, 0.1) is 25.9 Å². The summed E-state index contributed by atoms with van der Waals surface area (Å²) in [6.07, 6.45) is 1.75. The van der Waals surface area contributed by atoms with E-state index >= 15 is 0 Å². The Labute approximate surface area is 203 Å². The zero-order valence-corrected chi connectivity index (χ0v) is 19.8. The number of hydrogen-bond acceptors (Lipinski definition) is 8. The van der Waals surface area contributed by atoms with Gasteiger partial charge >= 0.3 is 5.97 Å². The quantitative estimate of drug-likeness (QED) is 0.468. The van der Waals surface area contributed by atoms with Crippen LogP contribution in [0.15, 0.2) is 42.5 Å². The van der Waals surface area contributed by atoms with Crippen molar-refractivity contribution in [3.63, 3.8) is 0 Å². The lowest BCUT2D eigenvalue weighted by Gasteiger charge is -2.22. The number of esters is 1. The number of hydrogen-bond donors (Lipinski definition) is 2. The summed E-state index contributed by atoms with van der Waals surface area (Å²) in [4.78, 5) is 36.7. The molecule has 2 aromatic rings. The molecule has 2 aromatic carbocycles. The Bertz CT molecular complexity index is 1120. The van der Waals surface area contributed by atoms with Crippen LogP contribution >= 0.6 is 0 Å². The minimum Gasteiger partial charge on any atom is -0.497 e. The standard InChI is InChI=1S/C25H27N3O7/c1-25(15-26,17-5-6-17)28-23(30)14-35-24(31)16-4-11-20(21(12-16)33-3)34-13-22(29)27-18-7-9-19(32-2)10-8-18/h4,7-12,17H,5-6,13-14H2,1-3H3,(H,27,29)(H,28,30). The summed E-state index contributed by atoms with van der Waals surface area (Å²) in [7, 11) is 2.94. The maximum absolute atomic E-state index is 12.4. The number of nitriles is 1. The van der Waals surface area contributed by atoms with Crippen molar-refractivity contribution in [2.75, 3.05) is 32.8 Å². The highest BCUT2D eigenvalue weighted by Gasteiger charge is 2.43. The molecule has 10 heteroatoms. The van der Waals surface area contributed by atoms with Crippen LogP contribution in [-0.2, 0) is 14.3 Å². The third-order valence-electron chi connectivity index (χ3n) is 5.49. The summed E-state index contributed by atoms with van der Waals surface area (Å²) in [6.45, 7) is 0.852. The molecule has 0 saturated heterocycles. The molecule has 2 N–H and O–H groups in total. The molecular formula is C25H27N3O7. The van der Waals surface area contributed by atoms with Gasteiger partial charge in [0.1, 0.15) is 11.3 Å². The zero-order valence-electron chi connectivity index (χ0n) is 19.8. The van der Waals surface area contributed by atoms with Gasteiger partial charge in [-0.2, -0.15) is 5.26 Å². The number of methoxy groups -OCH3 is 2. The molecule has 3 rings (SSSR count). The summed E-state index contributed by atoms with van der Waals surface area (Å²) < 4.78 is 20.9. The Morgan fingerprint density at radius 2 is 1.71 bits per heavy atom. The van der Waals surface area contributed by atoms with Gasteiger partial charge in [0.25, 0.3) is 11.8 Å². The second kappa shape index (κ2) is 11.2. The van der Waals surface area contributed by atoms with Gasteiger partial charge < -0.3 is 29.6 Å². The minimum atomic E-state index is -0.967. The molecule has 0 bridgehead atoms. The molecule has 0 aromatic heterocycles. The maximum Gasteiger partial charge on any atom is 0.338 e. The van der Waals surface area contributed by atoms with Crippen LogP contribution in [0, 0.1) is 17.2 Å². The Morgan fingerprint density at radius 1 is 1.00 bits per heavy atom. The topological polar surface area (TPSA) is 136 Å². The second-order valence-electron chi connectivity index (χ2n) is 8.14. The van der Waals surface area contributed by atoms with Gasteiger partial charge in [-0.25, -0.2) is 4.79 Å². The molecule has 1 unspecified atom stereocenters.